The van der Waals surface area contributed by atoms with Gasteiger partial charge in [0.15, 0.2) is 5.92 Å². The van der Waals surface area contributed by atoms with E-state index in [-0.39, 0.29) is 13.2 Å². The summed E-state index contributed by atoms with van der Waals surface area (Å²) in [5.74, 6) is -2.23. The van der Waals surface area contributed by atoms with Crippen LogP contribution in [0.15, 0.2) is 0 Å². The van der Waals surface area contributed by atoms with Crippen LogP contribution in [-0.4, -0.2) is 28.4 Å². The fourth-order valence-corrected chi connectivity index (χ4v) is 1.71. The van der Waals surface area contributed by atoms with E-state index in [1.807, 2.05) is 0 Å². The molecule has 0 aromatic heterocycles. The second-order valence-corrected chi connectivity index (χ2v) is 7.25. The van der Waals surface area contributed by atoms with Gasteiger partial charge in [-0.3, -0.25) is 9.59 Å². The second kappa shape index (κ2) is 6.48. The predicted octanol–water partition coefficient (Wildman–Crippen LogP) is 2.23. The molecule has 0 aliphatic rings. The minimum absolute atomic E-state index is 0.227. The van der Waals surface area contributed by atoms with Crippen LogP contribution in [0.25, 0.3) is 0 Å². The minimum Gasteiger partial charge on any atom is -0.465 e. The van der Waals surface area contributed by atoms with Gasteiger partial charge < -0.3 is 9.47 Å². The van der Waals surface area contributed by atoms with E-state index in [4.69, 9.17) is 9.47 Å². The summed E-state index contributed by atoms with van der Waals surface area (Å²) in [6.07, 6.45) is 0. The molecule has 0 saturated heterocycles. The van der Waals surface area contributed by atoms with E-state index in [1.54, 1.807) is 20.8 Å². The van der Waals surface area contributed by atoms with Crippen molar-refractivity contribution in [3.8, 4) is 0 Å². The first-order chi connectivity index (χ1) is 6.84. The summed E-state index contributed by atoms with van der Waals surface area (Å²) in [5, 5.41) is 0. The standard InChI is InChI=1S/C9H14Br2O4/c1-4-14-7(12)6(9(3,10)11)8(13)15-5-2/h6H,4-5H2,1-3H3. The molecule has 88 valence electrons. The van der Waals surface area contributed by atoms with Crippen molar-refractivity contribution in [1.29, 1.82) is 0 Å². The SMILES string of the molecule is CCOC(=O)C(C(=O)OCC)C(C)(Br)Br. The quantitative estimate of drug-likeness (QED) is 0.435. The number of carbonyl (C=O) groups is 2. The van der Waals surface area contributed by atoms with E-state index < -0.39 is 21.1 Å². The molecule has 0 N–H and O–H groups in total. The fraction of sp³-hybridized carbons (Fsp3) is 0.778. The van der Waals surface area contributed by atoms with Gasteiger partial charge >= 0.3 is 11.9 Å². The Hall–Kier alpha value is -0.100. The molecule has 0 aliphatic carbocycles. The molecule has 0 aromatic carbocycles. The van der Waals surface area contributed by atoms with Crippen LogP contribution >= 0.6 is 31.9 Å². The number of ether oxygens (including phenoxy) is 2. The molecule has 0 heterocycles. The summed E-state index contributed by atoms with van der Waals surface area (Å²) in [6, 6.07) is 0. The molecule has 4 nitrogen and oxygen atoms in total. The third kappa shape index (κ3) is 4.97. The van der Waals surface area contributed by atoms with Crippen molar-refractivity contribution in [1.82, 2.24) is 0 Å². The van der Waals surface area contributed by atoms with E-state index in [1.165, 1.54) is 0 Å². The summed E-state index contributed by atoms with van der Waals surface area (Å²) in [6.45, 7) is 5.46. The average molecular weight is 346 g/mol. The molecule has 0 unspecified atom stereocenters. The Bertz CT molecular complexity index is 217. The zero-order valence-electron chi connectivity index (χ0n) is 8.88. The lowest BCUT2D eigenvalue weighted by Gasteiger charge is -2.23. The lowest BCUT2D eigenvalue weighted by atomic mass is 10.1. The molecule has 15 heavy (non-hydrogen) atoms. The van der Waals surface area contributed by atoms with E-state index in [9.17, 15) is 9.59 Å². The van der Waals surface area contributed by atoms with Crippen LogP contribution in [-0.2, 0) is 19.1 Å². The maximum atomic E-state index is 11.5. The zero-order valence-corrected chi connectivity index (χ0v) is 12.1. The maximum absolute atomic E-state index is 11.5. The third-order valence-electron chi connectivity index (χ3n) is 1.55. The van der Waals surface area contributed by atoms with Crippen LogP contribution in [0.2, 0.25) is 0 Å². The third-order valence-corrected chi connectivity index (χ3v) is 2.47. The first kappa shape index (κ1) is 14.9. The van der Waals surface area contributed by atoms with Crippen molar-refractivity contribution in [3.63, 3.8) is 0 Å². The number of hydrogen-bond acceptors (Lipinski definition) is 4. The number of esters is 2. The summed E-state index contributed by atoms with van der Waals surface area (Å²) >= 11 is 6.40. The molecular formula is C9H14Br2O4. The highest BCUT2D eigenvalue weighted by Crippen LogP contribution is 2.35. The molecule has 0 atom stereocenters. The smallest absolute Gasteiger partial charge is 0.322 e. The molecule has 0 amide bonds. The van der Waals surface area contributed by atoms with Gasteiger partial charge in [0.25, 0.3) is 0 Å². The van der Waals surface area contributed by atoms with Crippen LogP contribution in [0, 0.1) is 5.92 Å². The van der Waals surface area contributed by atoms with Gasteiger partial charge in [0, 0.05) is 0 Å². The number of halogens is 2. The van der Waals surface area contributed by atoms with Gasteiger partial charge in [-0.05, 0) is 20.8 Å². The van der Waals surface area contributed by atoms with Gasteiger partial charge in [0.2, 0.25) is 0 Å². The van der Waals surface area contributed by atoms with Crippen molar-refractivity contribution in [3.05, 3.63) is 0 Å². The van der Waals surface area contributed by atoms with E-state index in [0.717, 1.165) is 0 Å². The van der Waals surface area contributed by atoms with Crippen LogP contribution in [0.3, 0.4) is 0 Å². The summed E-state index contributed by atoms with van der Waals surface area (Å²) in [7, 11) is 0. The summed E-state index contributed by atoms with van der Waals surface area (Å²) in [5.41, 5.74) is 0. The molecule has 0 fully saturated rings. The zero-order chi connectivity index (χ0) is 12.1. The maximum Gasteiger partial charge on any atom is 0.322 e. The Labute approximate surface area is 106 Å². The molecule has 0 rings (SSSR count). The van der Waals surface area contributed by atoms with E-state index in [0.29, 0.717) is 0 Å². The lowest BCUT2D eigenvalue weighted by molar-refractivity contribution is -0.161. The van der Waals surface area contributed by atoms with Crippen molar-refractivity contribution in [2.45, 2.75) is 24.0 Å². The average Bonchev–Trinajstić information content (AvgIpc) is 2.01. The van der Waals surface area contributed by atoms with Gasteiger partial charge in [-0.1, -0.05) is 31.9 Å². The topological polar surface area (TPSA) is 52.6 Å². The number of carbonyl (C=O) groups excluding carboxylic acids is 2. The number of hydrogen-bond donors (Lipinski definition) is 0. The summed E-state index contributed by atoms with van der Waals surface area (Å²) in [4.78, 5) is 23.0. The molecule has 0 spiro atoms. The Morgan fingerprint density at radius 1 is 1.13 bits per heavy atom. The Kier molecular flexibility index (Phi) is 6.43. The van der Waals surface area contributed by atoms with Crippen LogP contribution < -0.4 is 0 Å². The largest absolute Gasteiger partial charge is 0.465 e. The number of rotatable bonds is 5. The van der Waals surface area contributed by atoms with Crippen LogP contribution in [0.5, 0.6) is 0 Å². The van der Waals surface area contributed by atoms with Crippen molar-refractivity contribution in [2.24, 2.45) is 5.92 Å². The van der Waals surface area contributed by atoms with Gasteiger partial charge in [-0.2, -0.15) is 0 Å². The second-order valence-electron chi connectivity index (χ2n) is 2.89. The number of alkyl halides is 2. The highest BCUT2D eigenvalue weighted by molar-refractivity contribution is 9.25. The van der Waals surface area contributed by atoms with E-state index in [2.05, 4.69) is 31.9 Å². The first-order valence-electron chi connectivity index (χ1n) is 4.55. The van der Waals surface area contributed by atoms with Gasteiger partial charge in [-0.15, -0.1) is 0 Å². The highest BCUT2D eigenvalue weighted by atomic mass is 79.9. The molecule has 0 aromatic rings. The molecule has 0 aliphatic heterocycles. The van der Waals surface area contributed by atoms with Gasteiger partial charge in [0.1, 0.15) is 3.23 Å². The van der Waals surface area contributed by atoms with Crippen molar-refractivity contribution in [2.75, 3.05) is 13.2 Å². The van der Waals surface area contributed by atoms with E-state index >= 15 is 0 Å². The van der Waals surface area contributed by atoms with Crippen molar-refractivity contribution >= 4 is 43.8 Å². The molecule has 0 saturated carbocycles. The highest BCUT2D eigenvalue weighted by Gasteiger charge is 2.43. The Morgan fingerprint density at radius 2 is 1.47 bits per heavy atom. The predicted molar refractivity (Wildman–Crippen MR) is 63.0 cm³/mol. The Morgan fingerprint density at radius 3 is 1.67 bits per heavy atom. The fourth-order valence-electron chi connectivity index (χ4n) is 0.961. The monoisotopic (exact) mass is 344 g/mol. The molecule has 6 heteroatoms. The molecular weight excluding hydrogens is 332 g/mol. The summed E-state index contributed by atoms with van der Waals surface area (Å²) < 4.78 is 8.73. The normalized spacial score (nSPS) is 11.3. The van der Waals surface area contributed by atoms with Gasteiger partial charge in [-0.25, -0.2) is 0 Å². The first-order valence-corrected chi connectivity index (χ1v) is 6.14. The van der Waals surface area contributed by atoms with Crippen LogP contribution in [0.4, 0.5) is 0 Å². The lowest BCUT2D eigenvalue weighted by Crippen LogP contribution is -2.38. The van der Waals surface area contributed by atoms with Crippen molar-refractivity contribution < 1.29 is 19.1 Å². The minimum atomic E-state index is -1.02. The Balaban J connectivity index is 4.74. The van der Waals surface area contributed by atoms with Crippen LogP contribution in [0.1, 0.15) is 20.8 Å². The molecule has 0 radical (unpaired) electrons. The molecule has 0 bridgehead atoms. The van der Waals surface area contributed by atoms with Gasteiger partial charge in [0.05, 0.1) is 13.2 Å².